The number of aromatic nitrogens is 7. The lowest BCUT2D eigenvalue weighted by molar-refractivity contribution is -0.135. The normalized spacial score (nSPS) is 17.3. The number of carbonyl (C=O) groups excluding carboxylic acids is 6. The summed E-state index contributed by atoms with van der Waals surface area (Å²) >= 11 is 18.3. The zero-order valence-electron chi connectivity index (χ0n) is 75.6. The molecule has 8 aromatic carbocycles. The van der Waals surface area contributed by atoms with E-state index < -0.39 is 176 Å². The van der Waals surface area contributed by atoms with Gasteiger partial charge in [-0.15, -0.1) is 0 Å². The molecule has 12 aromatic rings. The van der Waals surface area contributed by atoms with Crippen LogP contribution in [0.15, 0.2) is 198 Å². The molecule has 756 valence electrons. The number of halogens is 14. The van der Waals surface area contributed by atoms with E-state index in [2.05, 4.69) is 88.0 Å². The number of β-amino-alcohol motifs (C(OH)–C–C–N with tert-alkyl or cyclic N) is 1. The van der Waals surface area contributed by atoms with Gasteiger partial charge >= 0.3 is 0 Å². The maximum absolute atomic E-state index is 15.0. The van der Waals surface area contributed by atoms with Crippen LogP contribution in [-0.2, 0) is 0 Å². The summed E-state index contributed by atoms with van der Waals surface area (Å²) in [6.07, 6.45) is 0.550. The summed E-state index contributed by atoms with van der Waals surface area (Å²) in [6, 6.07) is 34.0. The number of rotatable bonds is 24. The van der Waals surface area contributed by atoms with E-state index in [-0.39, 0.29) is 135 Å². The lowest BCUT2D eigenvalue weighted by Gasteiger charge is -2.35. The molecule has 0 bridgehead atoms. The third-order valence-electron chi connectivity index (χ3n) is 24.2. The Balaban J connectivity index is 0.000000161. The summed E-state index contributed by atoms with van der Waals surface area (Å²) in [7, 11) is 0. The van der Waals surface area contributed by atoms with Gasteiger partial charge in [-0.05, 0) is 182 Å². The van der Waals surface area contributed by atoms with E-state index in [1.165, 1.54) is 109 Å². The van der Waals surface area contributed by atoms with Crippen molar-refractivity contribution in [3.05, 3.63) is 310 Å². The van der Waals surface area contributed by atoms with Crippen molar-refractivity contribution in [2.24, 2.45) is 0 Å². The first kappa shape index (κ1) is 108. The predicted molar refractivity (Wildman–Crippen MR) is 518 cm³/mol. The minimum absolute atomic E-state index is 0.00154. The van der Waals surface area contributed by atoms with Crippen molar-refractivity contribution in [2.75, 3.05) is 75.5 Å². The van der Waals surface area contributed by atoms with Gasteiger partial charge in [0.05, 0.1) is 121 Å². The average Bonchev–Trinajstić information content (AvgIpc) is 0.830. The highest BCUT2D eigenvalue weighted by atomic mass is 79.9. The summed E-state index contributed by atoms with van der Waals surface area (Å²) in [5.41, 5.74) is 27.0. The number of aliphatic hydroxyl groups excluding tert-OH is 8. The second-order valence-electron chi connectivity index (χ2n) is 34.2. The van der Waals surface area contributed by atoms with E-state index in [4.69, 9.17) is 46.1 Å². The molecular formula is C99H93Br2Cl2F10N17O14. The molecule has 31 nitrogen and oxygen atoms in total. The molecule has 2 aliphatic carbocycles. The lowest BCUT2D eigenvalue weighted by atomic mass is 9.83. The molecule has 6 heterocycles. The van der Waals surface area contributed by atoms with Crippen LogP contribution in [0.3, 0.4) is 0 Å². The zero-order chi connectivity index (χ0) is 104. The van der Waals surface area contributed by atoms with Crippen molar-refractivity contribution >= 4 is 114 Å². The van der Waals surface area contributed by atoms with E-state index in [0.717, 1.165) is 30.3 Å². The molecule has 20 N–H and O–H groups in total. The second kappa shape index (κ2) is 47.5. The molecule has 0 unspecified atom stereocenters. The van der Waals surface area contributed by atoms with Crippen LogP contribution >= 0.6 is 55.1 Å². The van der Waals surface area contributed by atoms with Gasteiger partial charge in [-0.25, -0.2) is 78.8 Å². The number of hydrogen-bond donors (Lipinski definition) is 16. The van der Waals surface area contributed by atoms with Crippen LogP contribution in [-0.4, -0.2) is 210 Å². The summed E-state index contributed by atoms with van der Waals surface area (Å²) in [4.78, 5) is 108. The standard InChI is InChI=1S/C26H25BrF2N4O4.2C25H24ClF3N4O3.C23H20BrF2N5O4/c27-17-7-15(8-18(28)11-17)23(13-34)32-25(36)20-2-1-14(10-22(20)29)21-9-16(12-31-24(21)30)26(37)33-5-3-19(35)4-6-33;2*26-16-3-1-2-13(8-16)20(12-34)33-24(36)17-5-4-15(9-18(17)27)22-23(30)31-11-19(32-22)14-6-7-25(28,29)21(35)10-14;24-13-3-12(4-14(25)6-13)19(10-32)30-22(34)16-2-1-11(5-17(16)26)20-21(27)28-7-18(29-20)23(35)31-8-15(33)9-31/h1-2,7-12,19,23,34-35H,3-6,13H2,(H2,30,31)(H,32,36);2*1-5,8-9,11,14,20-21,34-35H,6-7,10,12H2,(H2,30,31)(H,33,36);1-7,15,19,32-33H,8-10H2,(H2,27,28)(H,30,34)/t23-;14-,20-,21+;14-,20-,21-;19-/m1111/s1. The number of likely N-dealkylation sites (tertiary alicyclic amines) is 2. The largest absolute Gasteiger partial charge is 0.394 e. The zero-order valence-corrected chi connectivity index (χ0v) is 80.3. The Kier molecular flexibility index (Phi) is 35.6. The Morgan fingerprint density at radius 2 is 0.771 bits per heavy atom. The van der Waals surface area contributed by atoms with Gasteiger partial charge in [0, 0.05) is 98.3 Å². The Hall–Kier alpha value is -13.3. The van der Waals surface area contributed by atoms with Gasteiger partial charge in [0.15, 0.2) is 0 Å². The fourth-order valence-corrected chi connectivity index (χ4v) is 17.6. The van der Waals surface area contributed by atoms with Crippen molar-refractivity contribution in [3.63, 3.8) is 0 Å². The third-order valence-corrected chi connectivity index (χ3v) is 25.6. The molecule has 16 rings (SSSR count). The van der Waals surface area contributed by atoms with Crippen LogP contribution in [0, 0.1) is 34.9 Å². The number of nitrogen functional groups attached to an aromatic ring is 4. The van der Waals surface area contributed by atoms with Crippen LogP contribution in [0.25, 0.3) is 44.9 Å². The van der Waals surface area contributed by atoms with Crippen LogP contribution in [0.5, 0.6) is 0 Å². The monoisotopic (exact) mass is 2160 g/mol. The summed E-state index contributed by atoms with van der Waals surface area (Å²) in [5, 5.41) is 88.4. The number of carbonyl (C=O) groups is 6. The van der Waals surface area contributed by atoms with Crippen LogP contribution in [0.1, 0.15) is 183 Å². The molecule has 2 saturated carbocycles. The molecular weight excluding hydrogens is 2070 g/mol. The highest BCUT2D eigenvalue weighted by Gasteiger charge is 2.46. The summed E-state index contributed by atoms with van der Waals surface area (Å²) < 4.78 is 143. The maximum Gasteiger partial charge on any atom is 0.274 e. The first-order chi connectivity index (χ1) is 68.5. The van der Waals surface area contributed by atoms with E-state index >= 15 is 4.39 Å². The Morgan fingerprint density at radius 1 is 0.410 bits per heavy atom. The molecule has 8 atom stereocenters. The predicted octanol–water partition coefficient (Wildman–Crippen LogP) is 14.0. The molecule has 2 aliphatic heterocycles. The smallest absolute Gasteiger partial charge is 0.274 e. The van der Waals surface area contributed by atoms with Crippen molar-refractivity contribution in [1.82, 2.24) is 66.0 Å². The topological polar surface area (TPSA) is 513 Å². The molecule has 0 radical (unpaired) electrons. The first-order valence-electron chi connectivity index (χ1n) is 44.5. The van der Waals surface area contributed by atoms with Crippen LogP contribution < -0.4 is 44.2 Å². The quantitative estimate of drug-likeness (QED) is 0.0250. The minimum atomic E-state index is -3.15. The molecule has 45 heteroatoms. The molecule has 4 aliphatic rings. The number of pyridine rings is 1. The highest BCUT2D eigenvalue weighted by Crippen LogP contribution is 2.44. The number of benzene rings is 8. The molecule has 144 heavy (non-hydrogen) atoms. The number of piperidine rings is 1. The Morgan fingerprint density at radius 3 is 1.13 bits per heavy atom. The molecule has 6 amide bonds. The van der Waals surface area contributed by atoms with Crippen LogP contribution in [0.2, 0.25) is 10.0 Å². The fourth-order valence-electron chi connectivity index (χ4n) is 16.2. The average molecular weight is 2170 g/mol. The van der Waals surface area contributed by atoms with Gasteiger partial charge in [-0.2, -0.15) is 0 Å². The number of anilines is 4. The maximum atomic E-state index is 15.0. The number of nitrogens with two attached hydrogens (primary N) is 4. The molecule has 4 fully saturated rings. The Bertz CT molecular complexity index is 6540. The summed E-state index contributed by atoms with van der Waals surface area (Å²) in [5.74, 6) is -15.6. The van der Waals surface area contributed by atoms with Crippen molar-refractivity contribution in [2.45, 2.75) is 124 Å². The molecule has 4 aromatic heterocycles. The lowest BCUT2D eigenvalue weighted by Crippen LogP contribution is -2.53. The number of nitrogens with one attached hydrogen (secondary N) is 4. The van der Waals surface area contributed by atoms with Crippen LogP contribution in [0.4, 0.5) is 67.2 Å². The first-order valence-corrected chi connectivity index (χ1v) is 46.8. The van der Waals surface area contributed by atoms with Crippen molar-refractivity contribution < 1.29 is 114 Å². The van der Waals surface area contributed by atoms with Crippen molar-refractivity contribution in [1.29, 1.82) is 0 Å². The van der Waals surface area contributed by atoms with E-state index in [1.807, 2.05) is 0 Å². The minimum Gasteiger partial charge on any atom is -0.394 e. The number of hydrogen-bond acceptors (Lipinski definition) is 25. The number of amides is 6. The van der Waals surface area contributed by atoms with Gasteiger partial charge in [0.2, 0.25) is 0 Å². The number of nitrogens with zero attached hydrogens (tertiary/aromatic N) is 9. The van der Waals surface area contributed by atoms with Crippen molar-refractivity contribution in [3.8, 4) is 44.9 Å². The SMILES string of the molecule is Nc1ncc(C(=O)N2CC(O)C2)nc1-c1ccc(C(=O)N[C@H](CO)c2cc(F)cc(Br)c2)c(F)c1.Nc1ncc(C(=O)N2CCC(O)CC2)cc1-c1ccc(C(=O)N[C@H](CO)c2cc(F)cc(Br)c2)c(F)c1.Nc1ncc([C@@H]2CCC(F)(F)[C@@H](O)C2)nc1-c1ccc(C(=O)N[C@H](CO)c2cccc(Cl)c2)c(F)c1.Nc1ncc([C@@H]2CCC(F)(F)[C@H](O)C2)nc1-c1ccc(C(=O)N[C@H](CO)c2cccc(Cl)c2)c(F)c1. The number of alkyl halides is 4. The van der Waals surface area contributed by atoms with Gasteiger partial charge in [-0.3, -0.25) is 28.8 Å². The van der Waals surface area contributed by atoms with E-state index in [1.54, 1.807) is 59.5 Å². The second-order valence-corrected chi connectivity index (χ2v) is 36.9. The van der Waals surface area contributed by atoms with Gasteiger partial charge in [-0.1, -0.05) is 104 Å². The van der Waals surface area contributed by atoms with E-state index in [0.29, 0.717) is 89.7 Å². The third kappa shape index (κ3) is 26.6. The molecule has 2 saturated heterocycles. The highest BCUT2D eigenvalue weighted by molar-refractivity contribution is 9.10. The van der Waals surface area contributed by atoms with Gasteiger partial charge < -0.3 is 94.9 Å². The number of aliphatic hydroxyl groups is 8. The van der Waals surface area contributed by atoms with Gasteiger partial charge in [0.25, 0.3) is 47.3 Å². The molecule has 0 spiro atoms. The fraction of sp³-hybridized carbons (Fsp3) is 0.283. The Labute approximate surface area is 841 Å². The summed E-state index contributed by atoms with van der Waals surface area (Å²) in [6.45, 7) is -0.721. The van der Waals surface area contributed by atoms with Gasteiger partial charge in [0.1, 0.15) is 93.2 Å². The van der Waals surface area contributed by atoms with E-state index in [9.17, 15) is 109 Å².